The molecule has 0 unspecified atom stereocenters. The Morgan fingerprint density at radius 3 is 2.64 bits per heavy atom. The van der Waals surface area contributed by atoms with Gasteiger partial charge in [0.25, 0.3) is 15.9 Å². The van der Waals surface area contributed by atoms with Crippen molar-refractivity contribution in [1.29, 1.82) is 0 Å². The van der Waals surface area contributed by atoms with Gasteiger partial charge in [-0.2, -0.15) is 0 Å². The second kappa shape index (κ2) is 6.30. The van der Waals surface area contributed by atoms with Crippen molar-refractivity contribution in [3.63, 3.8) is 0 Å². The highest BCUT2D eigenvalue weighted by Gasteiger charge is 2.18. The first-order valence-corrected chi connectivity index (χ1v) is 7.89. The zero-order valence-corrected chi connectivity index (χ0v) is 12.9. The quantitative estimate of drug-likeness (QED) is 0.575. The first-order chi connectivity index (χ1) is 10.3. The van der Waals surface area contributed by atoms with Crippen LogP contribution in [0.1, 0.15) is 15.9 Å². The van der Waals surface area contributed by atoms with Crippen molar-refractivity contribution in [3.8, 4) is 5.75 Å². The predicted molar refractivity (Wildman–Crippen MR) is 79.9 cm³/mol. The number of hydrazine groups is 1. The second-order valence-electron chi connectivity index (χ2n) is 4.36. The number of para-hydroxylation sites is 1. The molecule has 0 fully saturated rings. The van der Waals surface area contributed by atoms with E-state index in [1.165, 1.54) is 24.3 Å². The zero-order valence-electron chi connectivity index (χ0n) is 11.4. The van der Waals surface area contributed by atoms with E-state index in [0.29, 0.717) is 5.56 Å². The maximum atomic E-state index is 12.0. The Bertz CT molecular complexity index is 824. The van der Waals surface area contributed by atoms with Crippen molar-refractivity contribution in [2.45, 2.75) is 11.8 Å². The summed E-state index contributed by atoms with van der Waals surface area (Å²) in [5.74, 6) is -1.05. The van der Waals surface area contributed by atoms with Crippen LogP contribution >= 0.6 is 11.6 Å². The molecule has 3 N–H and O–H groups in total. The van der Waals surface area contributed by atoms with Crippen LogP contribution in [0.25, 0.3) is 0 Å². The number of pyridine rings is 1. The molecule has 2 rings (SSSR count). The number of rotatable bonds is 4. The van der Waals surface area contributed by atoms with Gasteiger partial charge in [-0.25, -0.2) is 13.4 Å². The number of aryl methyl sites for hydroxylation is 1. The van der Waals surface area contributed by atoms with E-state index in [2.05, 4.69) is 4.98 Å². The normalized spacial score (nSPS) is 11.2. The molecule has 0 saturated carbocycles. The molecular formula is C13H12ClN3O4S. The molecule has 1 heterocycles. The van der Waals surface area contributed by atoms with E-state index in [1.54, 1.807) is 13.0 Å². The molecule has 0 aliphatic rings. The lowest BCUT2D eigenvalue weighted by Gasteiger charge is -2.09. The minimum atomic E-state index is -4.00. The summed E-state index contributed by atoms with van der Waals surface area (Å²) in [6, 6.07) is 7.07. The molecule has 0 spiro atoms. The minimum Gasteiger partial charge on any atom is -0.507 e. The smallest absolute Gasteiger partial charge is 0.269 e. The first kappa shape index (κ1) is 16.2. The molecule has 0 aliphatic heterocycles. The molecule has 9 heteroatoms. The Labute approximate surface area is 132 Å². The van der Waals surface area contributed by atoms with E-state index >= 15 is 0 Å². The summed E-state index contributed by atoms with van der Waals surface area (Å²) in [5, 5.41) is 9.72. The van der Waals surface area contributed by atoms with E-state index < -0.39 is 15.9 Å². The van der Waals surface area contributed by atoms with E-state index in [0.717, 1.165) is 6.20 Å². The number of hydrogen-bond donors (Lipinski definition) is 3. The van der Waals surface area contributed by atoms with E-state index in [9.17, 15) is 18.3 Å². The van der Waals surface area contributed by atoms with Gasteiger partial charge < -0.3 is 5.11 Å². The Kier molecular flexibility index (Phi) is 4.65. The molecule has 0 saturated heterocycles. The molecule has 0 aliphatic carbocycles. The summed E-state index contributed by atoms with van der Waals surface area (Å²) in [6.07, 6.45) is 1.07. The van der Waals surface area contributed by atoms with E-state index in [4.69, 9.17) is 11.6 Å². The standard InChI is InChI=1S/C13H12ClN3O4S/c1-8-6-9(7-15-12(8)14)22(20,21)17-16-13(19)10-4-2-3-5-11(10)18/h2-7,17-18H,1H3,(H,16,19). The lowest BCUT2D eigenvalue weighted by atomic mass is 10.2. The molecule has 1 aromatic carbocycles. The minimum absolute atomic E-state index is 0.0596. The SMILES string of the molecule is Cc1cc(S(=O)(=O)NNC(=O)c2ccccc2O)cnc1Cl. The van der Waals surface area contributed by atoms with E-state index in [1.807, 2.05) is 10.3 Å². The summed E-state index contributed by atoms with van der Waals surface area (Å²) >= 11 is 5.73. The Morgan fingerprint density at radius 2 is 2.00 bits per heavy atom. The molecule has 1 aromatic heterocycles. The van der Waals surface area contributed by atoms with Crippen molar-refractivity contribution in [3.05, 3.63) is 52.8 Å². The van der Waals surface area contributed by atoms with Crippen LogP contribution in [0.2, 0.25) is 5.15 Å². The highest BCUT2D eigenvalue weighted by atomic mass is 35.5. The first-order valence-electron chi connectivity index (χ1n) is 6.03. The number of halogens is 1. The van der Waals surface area contributed by atoms with Crippen LogP contribution in [-0.2, 0) is 10.0 Å². The molecule has 116 valence electrons. The number of sulfonamides is 1. The van der Waals surface area contributed by atoms with Gasteiger partial charge in [0.1, 0.15) is 15.8 Å². The number of amides is 1. The Hall–Kier alpha value is -2.16. The van der Waals surface area contributed by atoms with Crippen LogP contribution in [0.15, 0.2) is 41.4 Å². The number of phenolic OH excluding ortho intramolecular Hbond substituents is 1. The maximum absolute atomic E-state index is 12.0. The zero-order chi connectivity index (χ0) is 16.3. The highest BCUT2D eigenvalue weighted by molar-refractivity contribution is 7.89. The van der Waals surface area contributed by atoms with Crippen LogP contribution in [0.3, 0.4) is 0 Å². The monoisotopic (exact) mass is 341 g/mol. The summed E-state index contributed by atoms with van der Waals surface area (Å²) in [4.78, 5) is 17.3. The van der Waals surface area contributed by atoms with Gasteiger partial charge in [0.05, 0.1) is 5.56 Å². The number of carbonyl (C=O) groups excluding carboxylic acids is 1. The second-order valence-corrected chi connectivity index (χ2v) is 6.40. The third kappa shape index (κ3) is 3.53. The topological polar surface area (TPSA) is 108 Å². The van der Waals surface area contributed by atoms with E-state index in [-0.39, 0.29) is 21.4 Å². The lowest BCUT2D eigenvalue weighted by molar-refractivity contribution is 0.0942. The predicted octanol–water partition coefficient (Wildman–Crippen LogP) is 1.37. The summed E-state index contributed by atoms with van der Waals surface area (Å²) in [6.45, 7) is 1.61. The average Bonchev–Trinajstić information content (AvgIpc) is 2.48. The van der Waals surface area contributed by atoms with Crippen LogP contribution in [0, 0.1) is 6.92 Å². The Morgan fingerprint density at radius 1 is 1.32 bits per heavy atom. The number of aromatic nitrogens is 1. The number of hydrogen-bond acceptors (Lipinski definition) is 5. The van der Waals surface area contributed by atoms with Crippen molar-refractivity contribution < 1.29 is 18.3 Å². The maximum Gasteiger partial charge on any atom is 0.269 e. The Balaban J connectivity index is 2.14. The van der Waals surface area contributed by atoms with Gasteiger partial charge in [0, 0.05) is 6.20 Å². The largest absolute Gasteiger partial charge is 0.507 e. The van der Waals surface area contributed by atoms with Crippen LogP contribution in [-0.4, -0.2) is 24.4 Å². The van der Waals surface area contributed by atoms with Gasteiger partial charge >= 0.3 is 0 Å². The van der Waals surface area contributed by atoms with Crippen LogP contribution in [0.4, 0.5) is 0 Å². The summed E-state index contributed by atoms with van der Waals surface area (Å²) < 4.78 is 24.1. The molecule has 2 aromatic rings. The molecule has 7 nitrogen and oxygen atoms in total. The van der Waals surface area contributed by atoms with Crippen molar-refractivity contribution >= 4 is 27.5 Å². The number of phenols is 1. The third-order valence-electron chi connectivity index (χ3n) is 2.75. The van der Waals surface area contributed by atoms with Crippen molar-refractivity contribution in [1.82, 2.24) is 15.2 Å². The fourth-order valence-corrected chi connectivity index (χ4v) is 2.56. The third-order valence-corrected chi connectivity index (χ3v) is 4.36. The molecule has 0 radical (unpaired) electrons. The lowest BCUT2D eigenvalue weighted by Crippen LogP contribution is -2.41. The van der Waals surface area contributed by atoms with Gasteiger partial charge in [0.2, 0.25) is 0 Å². The number of aromatic hydroxyl groups is 1. The number of benzene rings is 1. The fourth-order valence-electron chi connectivity index (χ4n) is 1.58. The summed E-state index contributed by atoms with van der Waals surface area (Å²) in [5.41, 5.74) is 2.44. The van der Waals surface area contributed by atoms with Crippen molar-refractivity contribution in [2.75, 3.05) is 0 Å². The van der Waals surface area contributed by atoms with Gasteiger partial charge in [-0.05, 0) is 30.7 Å². The number of nitrogens with zero attached hydrogens (tertiary/aromatic N) is 1. The van der Waals surface area contributed by atoms with Gasteiger partial charge in [-0.1, -0.05) is 23.7 Å². The number of carbonyl (C=O) groups is 1. The molecule has 0 atom stereocenters. The van der Waals surface area contributed by atoms with Gasteiger partial charge in [-0.3, -0.25) is 10.2 Å². The molecule has 22 heavy (non-hydrogen) atoms. The number of nitrogens with one attached hydrogen (secondary N) is 2. The fraction of sp³-hybridized carbons (Fsp3) is 0.0769. The average molecular weight is 342 g/mol. The van der Waals surface area contributed by atoms with Crippen molar-refractivity contribution in [2.24, 2.45) is 0 Å². The van der Waals surface area contributed by atoms with Crippen LogP contribution < -0.4 is 10.3 Å². The molecule has 0 bridgehead atoms. The van der Waals surface area contributed by atoms with Gasteiger partial charge in [0.15, 0.2) is 0 Å². The molecule has 1 amide bonds. The highest BCUT2D eigenvalue weighted by Crippen LogP contribution is 2.17. The summed E-state index contributed by atoms with van der Waals surface area (Å²) in [7, 11) is -4.00. The van der Waals surface area contributed by atoms with Crippen LogP contribution in [0.5, 0.6) is 5.75 Å². The molecular weight excluding hydrogens is 330 g/mol. The van der Waals surface area contributed by atoms with Gasteiger partial charge in [-0.15, -0.1) is 4.83 Å².